The molecule has 0 fully saturated rings. The number of amides is 2. The molecule has 0 bridgehead atoms. The van der Waals surface area contributed by atoms with E-state index in [-0.39, 0.29) is 12.8 Å². The molecule has 28 heavy (non-hydrogen) atoms. The Morgan fingerprint density at radius 3 is 2.46 bits per heavy atom. The smallest absolute Gasteiger partial charge is 0.319 e. The van der Waals surface area contributed by atoms with Crippen molar-refractivity contribution >= 4 is 11.7 Å². The Morgan fingerprint density at radius 2 is 1.64 bits per heavy atom. The largest absolute Gasteiger partial charge is 0.492 e. The number of urea groups is 1. The summed E-state index contributed by atoms with van der Waals surface area (Å²) in [6.07, 6.45) is 0. The zero-order valence-corrected chi connectivity index (χ0v) is 15.2. The van der Waals surface area contributed by atoms with Gasteiger partial charge in [-0.15, -0.1) is 0 Å². The summed E-state index contributed by atoms with van der Waals surface area (Å²) in [6.45, 7) is 0.954. The lowest BCUT2D eigenvalue weighted by molar-refractivity contribution is 0.173. The topological polar surface area (TPSA) is 68.8 Å². The first-order valence-electron chi connectivity index (χ1n) is 9.01. The van der Waals surface area contributed by atoms with Crippen LogP contribution in [0, 0.1) is 0 Å². The van der Waals surface area contributed by atoms with Crippen LogP contribution in [-0.2, 0) is 0 Å². The van der Waals surface area contributed by atoms with E-state index in [0.29, 0.717) is 30.4 Å². The van der Waals surface area contributed by atoms with Crippen molar-refractivity contribution in [3.8, 4) is 28.4 Å². The van der Waals surface area contributed by atoms with Crippen LogP contribution in [0.4, 0.5) is 10.5 Å². The molecular weight excluding hydrogens is 356 g/mol. The molecule has 1 aliphatic rings. The number of carbonyl (C=O) groups excluding carboxylic acids is 1. The molecule has 0 spiro atoms. The van der Waals surface area contributed by atoms with E-state index >= 15 is 0 Å². The van der Waals surface area contributed by atoms with E-state index < -0.39 is 0 Å². The molecule has 6 nitrogen and oxygen atoms in total. The number of nitrogens with one attached hydrogen (secondary N) is 2. The summed E-state index contributed by atoms with van der Waals surface area (Å²) in [4.78, 5) is 12.0. The van der Waals surface area contributed by atoms with Gasteiger partial charge in [0, 0.05) is 11.8 Å². The molecule has 0 atom stereocenters. The minimum Gasteiger partial charge on any atom is -0.492 e. The molecule has 0 radical (unpaired) electrons. The SMILES string of the molecule is O=C(NCCOc1ccc2c(c1)OCO2)Nc1ccc(-c2ccccc2)cc1. The number of rotatable bonds is 6. The average molecular weight is 376 g/mol. The van der Waals surface area contributed by atoms with Gasteiger partial charge in [-0.3, -0.25) is 0 Å². The van der Waals surface area contributed by atoms with Crippen LogP contribution in [0.3, 0.4) is 0 Å². The highest BCUT2D eigenvalue weighted by Gasteiger charge is 2.13. The molecule has 3 aromatic rings. The lowest BCUT2D eigenvalue weighted by atomic mass is 10.1. The predicted octanol–water partition coefficient (Wildman–Crippen LogP) is 4.28. The van der Waals surface area contributed by atoms with Crippen molar-refractivity contribution in [3.63, 3.8) is 0 Å². The summed E-state index contributed by atoms with van der Waals surface area (Å²) in [6, 6.07) is 22.9. The summed E-state index contributed by atoms with van der Waals surface area (Å²) in [7, 11) is 0. The van der Waals surface area contributed by atoms with E-state index in [0.717, 1.165) is 16.8 Å². The molecule has 0 saturated heterocycles. The molecular formula is C22H20N2O4. The average Bonchev–Trinajstić information content (AvgIpc) is 3.20. The Morgan fingerprint density at radius 1 is 0.893 bits per heavy atom. The van der Waals surface area contributed by atoms with Crippen molar-refractivity contribution in [3.05, 3.63) is 72.8 Å². The van der Waals surface area contributed by atoms with Crippen LogP contribution in [0.15, 0.2) is 72.8 Å². The number of hydrogen-bond donors (Lipinski definition) is 2. The standard InChI is InChI=1S/C22H20N2O4/c25-22(23-12-13-26-19-10-11-20-21(14-19)28-15-27-20)24-18-8-6-17(7-9-18)16-4-2-1-3-5-16/h1-11,14H,12-13,15H2,(H2,23,24,25). The Balaban J connectivity index is 1.21. The van der Waals surface area contributed by atoms with Gasteiger partial charge in [-0.2, -0.15) is 0 Å². The summed E-state index contributed by atoms with van der Waals surface area (Å²) in [5, 5.41) is 5.58. The van der Waals surface area contributed by atoms with E-state index in [1.807, 2.05) is 48.5 Å². The van der Waals surface area contributed by atoms with Gasteiger partial charge < -0.3 is 24.8 Å². The van der Waals surface area contributed by atoms with E-state index in [1.54, 1.807) is 12.1 Å². The summed E-state index contributed by atoms with van der Waals surface area (Å²) < 4.78 is 16.2. The first-order chi connectivity index (χ1) is 13.8. The molecule has 2 amide bonds. The second-order valence-corrected chi connectivity index (χ2v) is 6.19. The predicted molar refractivity (Wildman–Crippen MR) is 107 cm³/mol. The monoisotopic (exact) mass is 376 g/mol. The second kappa shape index (κ2) is 8.35. The van der Waals surface area contributed by atoms with Crippen molar-refractivity contribution in [2.24, 2.45) is 0 Å². The number of hydrogen-bond acceptors (Lipinski definition) is 4. The van der Waals surface area contributed by atoms with Gasteiger partial charge in [-0.25, -0.2) is 4.79 Å². The first-order valence-corrected chi connectivity index (χ1v) is 9.01. The maximum absolute atomic E-state index is 12.0. The highest BCUT2D eigenvalue weighted by molar-refractivity contribution is 5.89. The molecule has 4 rings (SSSR count). The summed E-state index contributed by atoms with van der Waals surface area (Å²) in [5.74, 6) is 2.05. The Bertz CT molecular complexity index is 943. The van der Waals surface area contributed by atoms with Gasteiger partial charge in [-0.05, 0) is 35.4 Å². The third-order valence-electron chi connectivity index (χ3n) is 4.25. The van der Waals surface area contributed by atoms with Crippen LogP contribution in [0.25, 0.3) is 11.1 Å². The highest BCUT2D eigenvalue weighted by atomic mass is 16.7. The number of ether oxygens (including phenoxy) is 3. The van der Waals surface area contributed by atoms with Crippen molar-refractivity contribution in [1.82, 2.24) is 5.32 Å². The summed E-state index contributed by atoms with van der Waals surface area (Å²) >= 11 is 0. The van der Waals surface area contributed by atoms with Crippen LogP contribution >= 0.6 is 0 Å². The van der Waals surface area contributed by atoms with E-state index in [9.17, 15) is 4.79 Å². The third kappa shape index (κ3) is 4.35. The molecule has 142 valence electrons. The Kier molecular flexibility index (Phi) is 5.29. The lowest BCUT2D eigenvalue weighted by Gasteiger charge is -2.10. The second-order valence-electron chi connectivity index (χ2n) is 6.19. The van der Waals surface area contributed by atoms with Crippen molar-refractivity contribution in [1.29, 1.82) is 0 Å². The van der Waals surface area contributed by atoms with E-state index in [4.69, 9.17) is 14.2 Å². The molecule has 1 heterocycles. The fourth-order valence-corrected chi connectivity index (χ4v) is 2.85. The molecule has 0 aromatic heterocycles. The van der Waals surface area contributed by atoms with Gasteiger partial charge >= 0.3 is 6.03 Å². The van der Waals surface area contributed by atoms with Gasteiger partial charge in [-0.1, -0.05) is 42.5 Å². The molecule has 3 aromatic carbocycles. The minimum absolute atomic E-state index is 0.229. The fourth-order valence-electron chi connectivity index (χ4n) is 2.85. The van der Waals surface area contributed by atoms with Gasteiger partial charge in [0.15, 0.2) is 11.5 Å². The molecule has 1 aliphatic heterocycles. The zero-order chi connectivity index (χ0) is 19.2. The van der Waals surface area contributed by atoms with Crippen LogP contribution in [0.1, 0.15) is 0 Å². The molecule has 0 unspecified atom stereocenters. The Hall–Kier alpha value is -3.67. The molecule has 6 heteroatoms. The van der Waals surface area contributed by atoms with Crippen molar-refractivity contribution < 1.29 is 19.0 Å². The fraction of sp³-hybridized carbons (Fsp3) is 0.136. The number of fused-ring (bicyclic) bond motifs is 1. The molecule has 0 saturated carbocycles. The van der Waals surface area contributed by atoms with Gasteiger partial charge in [0.2, 0.25) is 6.79 Å². The lowest BCUT2D eigenvalue weighted by Crippen LogP contribution is -2.32. The Labute approximate surface area is 163 Å². The summed E-state index contributed by atoms with van der Waals surface area (Å²) in [5.41, 5.74) is 2.97. The first kappa shape index (κ1) is 17.7. The maximum Gasteiger partial charge on any atom is 0.319 e. The quantitative estimate of drug-likeness (QED) is 0.630. The van der Waals surface area contributed by atoms with Crippen LogP contribution in [0.2, 0.25) is 0 Å². The highest BCUT2D eigenvalue weighted by Crippen LogP contribution is 2.35. The zero-order valence-electron chi connectivity index (χ0n) is 15.2. The third-order valence-corrected chi connectivity index (χ3v) is 4.25. The minimum atomic E-state index is -0.276. The van der Waals surface area contributed by atoms with E-state index in [1.165, 1.54) is 0 Å². The molecule has 0 aliphatic carbocycles. The normalized spacial score (nSPS) is 11.7. The van der Waals surface area contributed by atoms with Gasteiger partial charge in [0.1, 0.15) is 12.4 Å². The van der Waals surface area contributed by atoms with Gasteiger partial charge in [0.25, 0.3) is 0 Å². The van der Waals surface area contributed by atoms with Crippen molar-refractivity contribution in [2.75, 3.05) is 25.3 Å². The number of benzene rings is 3. The van der Waals surface area contributed by atoms with E-state index in [2.05, 4.69) is 22.8 Å². The van der Waals surface area contributed by atoms with Crippen LogP contribution < -0.4 is 24.8 Å². The van der Waals surface area contributed by atoms with Gasteiger partial charge in [0.05, 0.1) is 6.54 Å². The van der Waals surface area contributed by atoms with Crippen molar-refractivity contribution in [2.45, 2.75) is 0 Å². The maximum atomic E-state index is 12.0. The van der Waals surface area contributed by atoms with Crippen LogP contribution in [-0.4, -0.2) is 26.0 Å². The molecule has 2 N–H and O–H groups in total. The number of carbonyl (C=O) groups is 1. The van der Waals surface area contributed by atoms with Crippen LogP contribution in [0.5, 0.6) is 17.2 Å². The number of anilines is 1.